The number of nitro groups is 1. The summed E-state index contributed by atoms with van der Waals surface area (Å²) in [6.07, 6.45) is 0. The van der Waals surface area contributed by atoms with Crippen LogP contribution in [0.25, 0.3) is 0 Å². The van der Waals surface area contributed by atoms with E-state index in [2.05, 4.69) is 0 Å². The number of nitrogens with zero attached hydrogens (tertiary/aromatic N) is 1. The molecule has 102 valence electrons. The molecule has 0 heterocycles. The van der Waals surface area contributed by atoms with Crippen LogP contribution in [0.1, 0.15) is 15.9 Å². The standard InChI is InChI=1S/C14H10ClNO4/c1-9-2-5-11(6-3-9)20-14(17)10-4-7-12(15)13(8-10)16(18)19/h2-8H,1H3. The summed E-state index contributed by atoms with van der Waals surface area (Å²) in [7, 11) is 0. The van der Waals surface area contributed by atoms with Crippen molar-refractivity contribution in [1.29, 1.82) is 0 Å². The predicted octanol–water partition coefficient (Wildman–Crippen LogP) is 3.78. The number of halogens is 1. The molecular weight excluding hydrogens is 282 g/mol. The molecule has 0 aromatic heterocycles. The lowest BCUT2D eigenvalue weighted by Gasteiger charge is -2.05. The maximum atomic E-state index is 11.9. The Morgan fingerprint density at radius 1 is 1.20 bits per heavy atom. The van der Waals surface area contributed by atoms with Crippen LogP contribution in [0.2, 0.25) is 5.02 Å². The van der Waals surface area contributed by atoms with E-state index in [4.69, 9.17) is 16.3 Å². The predicted molar refractivity (Wildman–Crippen MR) is 74.2 cm³/mol. The van der Waals surface area contributed by atoms with Crippen molar-refractivity contribution in [1.82, 2.24) is 0 Å². The molecule has 0 N–H and O–H groups in total. The van der Waals surface area contributed by atoms with Gasteiger partial charge in [-0.05, 0) is 31.2 Å². The second-order valence-corrected chi connectivity index (χ2v) is 4.53. The second kappa shape index (κ2) is 5.71. The van der Waals surface area contributed by atoms with Gasteiger partial charge in [0.05, 0.1) is 10.5 Å². The third kappa shape index (κ3) is 3.13. The Labute approximate surface area is 119 Å². The molecule has 0 fully saturated rings. The number of esters is 1. The molecule has 0 radical (unpaired) electrons. The quantitative estimate of drug-likeness (QED) is 0.373. The molecule has 2 aromatic carbocycles. The van der Waals surface area contributed by atoms with Crippen LogP contribution in [0, 0.1) is 17.0 Å². The topological polar surface area (TPSA) is 69.4 Å². The molecule has 0 atom stereocenters. The van der Waals surface area contributed by atoms with Gasteiger partial charge in [-0.1, -0.05) is 29.3 Å². The minimum absolute atomic E-state index is 0.0260. The molecule has 2 aromatic rings. The molecule has 0 aliphatic rings. The van der Waals surface area contributed by atoms with Crippen LogP contribution in [0.15, 0.2) is 42.5 Å². The zero-order valence-corrected chi connectivity index (χ0v) is 11.3. The number of aryl methyl sites for hydroxylation is 1. The Bertz CT molecular complexity index is 667. The average molecular weight is 292 g/mol. The van der Waals surface area contributed by atoms with Gasteiger partial charge < -0.3 is 4.74 Å². The van der Waals surface area contributed by atoms with E-state index in [0.29, 0.717) is 5.75 Å². The van der Waals surface area contributed by atoms with Crippen LogP contribution in [0.4, 0.5) is 5.69 Å². The first-order chi connectivity index (χ1) is 9.47. The van der Waals surface area contributed by atoms with Crippen molar-refractivity contribution in [2.75, 3.05) is 0 Å². The maximum absolute atomic E-state index is 11.9. The first kappa shape index (κ1) is 14.0. The Kier molecular flexibility index (Phi) is 4.00. The third-order valence-corrected chi connectivity index (χ3v) is 2.93. The molecule has 20 heavy (non-hydrogen) atoms. The number of rotatable bonds is 3. The maximum Gasteiger partial charge on any atom is 0.343 e. The summed E-state index contributed by atoms with van der Waals surface area (Å²) in [5, 5.41) is 10.7. The van der Waals surface area contributed by atoms with Crippen molar-refractivity contribution < 1.29 is 14.5 Å². The number of nitro benzene ring substituents is 1. The highest BCUT2D eigenvalue weighted by Gasteiger charge is 2.17. The summed E-state index contributed by atoms with van der Waals surface area (Å²) in [5.41, 5.74) is 0.777. The molecule has 0 aliphatic heterocycles. The third-order valence-electron chi connectivity index (χ3n) is 2.61. The average Bonchev–Trinajstić information content (AvgIpc) is 2.41. The lowest BCUT2D eigenvalue weighted by Crippen LogP contribution is -2.09. The van der Waals surface area contributed by atoms with Gasteiger partial charge in [-0.25, -0.2) is 4.79 Å². The van der Waals surface area contributed by atoms with E-state index in [1.54, 1.807) is 24.3 Å². The highest BCUT2D eigenvalue weighted by Crippen LogP contribution is 2.25. The largest absolute Gasteiger partial charge is 0.423 e. The van der Waals surface area contributed by atoms with Gasteiger partial charge in [0.25, 0.3) is 5.69 Å². The Morgan fingerprint density at radius 2 is 1.85 bits per heavy atom. The molecule has 0 spiro atoms. The summed E-state index contributed by atoms with van der Waals surface area (Å²) >= 11 is 5.68. The summed E-state index contributed by atoms with van der Waals surface area (Å²) in [4.78, 5) is 22.0. The van der Waals surface area contributed by atoms with E-state index in [1.807, 2.05) is 6.92 Å². The molecule has 0 aliphatic carbocycles. The van der Waals surface area contributed by atoms with Crippen molar-refractivity contribution in [3.63, 3.8) is 0 Å². The van der Waals surface area contributed by atoms with E-state index in [1.165, 1.54) is 12.1 Å². The van der Waals surface area contributed by atoms with Crippen LogP contribution in [-0.4, -0.2) is 10.9 Å². The van der Waals surface area contributed by atoms with Crippen molar-refractivity contribution in [3.05, 3.63) is 68.7 Å². The normalized spacial score (nSPS) is 10.1. The van der Waals surface area contributed by atoms with Crippen molar-refractivity contribution in [2.24, 2.45) is 0 Å². The Morgan fingerprint density at radius 3 is 2.45 bits per heavy atom. The van der Waals surface area contributed by atoms with E-state index in [-0.39, 0.29) is 16.3 Å². The molecular formula is C14H10ClNO4. The number of benzene rings is 2. The summed E-state index contributed by atoms with van der Waals surface area (Å²) in [6, 6.07) is 10.7. The number of carbonyl (C=O) groups excluding carboxylic acids is 1. The van der Waals surface area contributed by atoms with Gasteiger partial charge in [0.1, 0.15) is 10.8 Å². The van der Waals surface area contributed by atoms with Gasteiger partial charge in [0.15, 0.2) is 0 Å². The van der Waals surface area contributed by atoms with Gasteiger partial charge in [-0.3, -0.25) is 10.1 Å². The Hall–Kier alpha value is -2.40. The molecule has 0 bridgehead atoms. The zero-order valence-electron chi connectivity index (χ0n) is 10.5. The lowest BCUT2D eigenvalue weighted by atomic mass is 10.2. The first-order valence-corrected chi connectivity index (χ1v) is 6.08. The highest BCUT2D eigenvalue weighted by molar-refractivity contribution is 6.32. The van der Waals surface area contributed by atoms with E-state index < -0.39 is 10.9 Å². The number of hydrogen-bond donors (Lipinski definition) is 0. The van der Waals surface area contributed by atoms with Crippen LogP contribution >= 0.6 is 11.6 Å². The van der Waals surface area contributed by atoms with Crippen LogP contribution in [0.5, 0.6) is 5.75 Å². The number of hydrogen-bond acceptors (Lipinski definition) is 4. The van der Waals surface area contributed by atoms with Crippen molar-refractivity contribution in [3.8, 4) is 5.75 Å². The fraction of sp³-hybridized carbons (Fsp3) is 0.0714. The smallest absolute Gasteiger partial charge is 0.343 e. The summed E-state index contributed by atoms with van der Waals surface area (Å²) in [6.45, 7) is 1.91. The van der Waals surface area contributed by atoms with Gasteiger partial charge in [-0.15, -0.1) is 0 Å². The monoisotopic (exact) mass is 291 g/mol. The molecule has 2 rings (SSSR count). The van der Waals surface area contributed by atoms with E-state index >= 15 is 0 Å². The Balaban J connectivity index is 2.23. The second-order valence-electron chi connectivity index (χ2n) is 4.13. The number of ether oxygens (including phenoxy) is 1. The first-order valence-electron chi connectivity index (χ1n) is 5.70. The summed E-state index contributed by atoms with van der Waals surface area (Å²) < 4.78 is 5.13. The number of carbonyl (C=O) groups is 1. The molecule has 0 unspecified atom stereocenters. The minimum atomic E-state index is -0.673. The molecule has 5 nitrogen and oxygen atoms in total. The van der Waals surface area contributed by atoms with Crippen molar-refractivity contribution >= 4 is 23.3 Å². The van der Waals surface area contributed by atoms with E-state index in [9.17, 15) is 14.9 Å². The zero-order chi connectivity index (χ0) is 14.7. The van der Waals surface area contributed by atoms with Crippen LogP contribution in [-0.2, 0) is 0 Å². The van der Waals surface area contributed by atoms with Gasteiger partial charge in [0, 0.05) is 6.07 Å². The fourth-order valence-electron chi connectivity index (χ4n) is 1.55. The van der Waals surface area contributed by atoms with Gasteiger partial charge >= 0.3 is 5.97 Å². The lowest BCUT2D eigenvalue weighted by molar-refractivity contribution is -0.384. The van der Waals surface area contributed by atoms with Gasteiger partial charge in [-0.2, -0.15) is 0 Å². The molecule has 0 saturated heterocycles. The molecule has 0 saturated carbocycles. The van der Waals surface area contributed by atoms with Crippen molar-refractivity contribution in [2.45, 2.75) is 6.92 Å². The van der Waals surface area contributed by atoms with Crippen LogP contribution < -0.4 is 4.74 Å². The van der Waals surface area contributed by atoms with E-state index in [0.717, 1.165) is 11.6 Å². The SMILES string of the molecule is Cc1ccc(OC(=O)c2ccc(Cl)c([N+](=O)[O-])c2)cc1. The molecule has 6 heteroatoms. The molecule has 0 amide bonds. The van der Waals surface area contributed by atoms with Gasteiger partial charge in [0.2, 0.25) is 0 Å². The highest BCUT2D eigenvalue weighted by atomic mass is 35.5. The summed E-state index contributed by atoms with van der Waals surface area (Å²) in [5.74, 6) is -0.299. The minimum Gasteiger partial charge on any atom is -0.423 e. The fourth-order valence-corrected chi connectivity index (χ4v) is 1.74. The van der Waals surface area contributed by atoms with Crippen LogP contribution in [0.3, 0.4) is 0 Å².